The van der Waals surface area contributed by atoms with E-state index in [-0.39, 0.29) is 22.7 Å². The molecule has 0 N–H and O–H groups in total. The molecule has 2 bridgehead atoms. The molecular weight excluding hydrogens is 359 g/mol. The number of alkyl halides is 3. The van der Waals surface area contributed by atoms with Gasteiger partial charge in [-0.15, -0.1) is 13.2 Å². The Bertz CT molecular complexity index is 743. The van der Waals surface area contributed by atoms with Gasteiger partial charge in [-0.05, 0) is 68.6 Å². The number of benzene rings is 1. The standard InChI is InChI=1S/C20H24F3NO3/c1-17(2,3)27-16(25)24-8-14(9-24)19-10-18(11-19,12-19)13-5-4-6-15(7-13)26-20(21,22)23/h4-7,14H,8-12H2,1-3H3. The molecule has 0 radical (unpaired) electrons. The SMILES string of the molecule is CC(C)(C)OC(=O)N1CC(C23CC(c4cccc(OC(F)(F)F)c4)(C2)C3)C1. The molecule has 3 saturated carbocycles. The average molecular weight is 383 g/mol. The van der Waals surface area contributed by atoms with Crippen molar-refractivity contribution < 1.29 is 27.4 Å². The Balaban J connectivity index is 1.33. The molecule has 148 valence electrons. The number of hydrogen-bond acceptors (Lipinski definition) is 3. The van der Waals surface area contributed by atoms with Gasteiger partial charge in [0.1, 0.15) is 11.4 Å². The summed E-state index contributed by atoms with van der Waals surface area (Å²) in [6.45, 7) is 6.97. The van der Waals surface area contributed by atoms with Gasteiger partial charge in [0, 0.05) is 19.0 Å². The Hall–Kier alpha value is -1.92. The molecule has 1 aliphatic heterocycles. The molecule has 27 heavy (non-hydrogen) atoms. The first-order valence-corrected chi connectivity index (χ1v) is 9.24. The molecule has 0 atom stereocenters. The zero-order chi connectivity index (χ0) is 19.7. The molecule has 1 saturated heterocycles. The Morgan fingerprint density at radius 1 is 1.15 bits per heavy atom. The van der Waals surface area contributed by atoms with Crippen LogP contribution in [0.5, 0.6) is 5.75 Å². The second kappa shape index (κ2) is 5.55. The first-order valence-electron chi connectivity index (χ1n) is 9.24. The lowest BCUT2D eigenvalue weighted by Crippen LogP contribution is -2.73. The second-order valence-electron chi connectivity index (χ2n) is 9.33. The summed E-state index contributed by atoms with van der Waals surface area (Å²) in [7, 11) is 0. The van der Waals surface area contributed by atoms with Crippen LogP contribution in [0.1, 0.15) is 45.6 Å². The highest BCUT2D eigenvalue weighted by Crippen LogP contribution is 2.77. The van der Waals surface area contributed by atoms with Gasteiger partial charge in [0.15, 0.2) is 0 Å². The number of hydrogen-bond donors (Lipinski definition) is 0. The monoisotopic (exact) mass is 383 g/mol. The Kier molecular flexibility index (Phi) is 3.79. The van der Waals surface area contributed by atoms with Gasteiger partial charge >= 0.3 is 12.5 Å². The maximum absolute atomic E-state index is 12.4. The fraction of sp³-hybridized carbons (Fsp3) is 0.650. The number of nitrogens with zero attached hydrogens (tertiary/aromatic N) is 1. The molecule has 0 spiro atoms. The largest absolute Gasteiger partial charge is 0.573 e. The summed E-state index contributed by atoms with van der Waals surface area (Å²) in [5.41, 5.74) is 0.650. The van der Waals surface area contributed by atoms with Crippen molar-refractivity contribution in [3.63, 3.8) is 0 Å². The molecule has 0 aromatic heterocycles. The first-order chi connectivity index (χ1) is 12.4. The van der Waals surface area contributed by atoms with E-state index in [1.54, 1.807) is 11.0 Å². The van der Waals surface area contributed by atoms with Crippen molar-refractivity contribution in [2.24, 2.45) is 11.3 Å². The molecule has 5 rings (SSSR count). The van der Waals surface area contributed by atoms with Crippen LogP contribution in [0.25, 0.3) is 0 Å². The number of rotatable bonds is 3. The highest BCUT2D eigenvalue weighted by atomic mass is 19.4. The highest BCUT2D eigenvalue weighted by molar-refractivity contribution is 5.69. The number of carbonyl (C=O) groups excluding carboxylic acids is 1. The third kappa shape index (κ3) is 3.25. The summed E-state index contributed by atoms with van der Waals surface area (Å²) < 4.78 is 46.7. The Labute approximate surface area is 156 Å². The van der Waals surface area contributed by atoms with E-state index in [1.807, 2.05) is 26.8 Å². The Morgan fingerprint density at radius 2 is 1.78 bits per heavy atom. The van der Waals surface area contributed by atoms with Crippen LogP contribution >= 0.6 is 0 Å². The highest BCUT2D eigenvalue weighted by Gasteiger charge is 2.72. The topological polar surface area (TPSA) is 38.8 Å². The lowest BCUT2D eigenvalue weighted by atomic mass is 9.30. The fourth-order valence-corrected chi connectivity index (χ4v) is 4.97. The summed E-state index contributed by atoms with van der Waals surface area (Å²) in [6.07, 6.45) is -2.01. The van der Waals surface area contributed by atoms with Gasteiger partial charge in [0.2, 0.25) is 0 Å². The lowest BCUT2D eigenvalue weighted by Gasteiger charge is -2.75. The van der Waals surface area contributed by atoms with E-state index in [2.05, 4.69) is 4.74 Å². The minimum absolute atomic E-state index is 0.0166. The third-order valence-electron chi connectivity index (χ3n) is 6.15. The van der Waals surface area contributed by atoms with Gasteiger partial charge < -0.3 is 14.4 Å². The predicted molar refractivity (Wildman–Crippen MR) is 92.4 cm³/mol. The van der Waals surface area contributed by atoms with E-state index < -0.39 is 12.0 Å². The molecule has 1 aromatic carbocycles. The van der Waals surface area contributed by atoms with E-state index in [0.29, 0.717) is 19.0 Å². The molecule has 3 aliphatic carbocycles. The minimum Gasteiger partial charge on any atom is -0.444 e. The molecule has 4 nitrogen and oxygen atoms in total. The maximum atomic E-state index is 12.4. The molecule has 4 fully saturated rings. The van der Waals surface area contributed by atoms with Crippen LogP contribution in [0.4, 0.5) is 18.0 Å². The van der Waals surface area contributed by atoms with Crippen molar-refractivity contribution in [3.05, 3.63) is 29.8 Å². The quantitative estimate of drug-likeness (QED) is 0.747. The van der Waals surface area contributed by atoms with Crippen molar-refractivity contribution in [3.8, 4) is 5.75 Å². The molecule has 1 aromatic rings. The van der Waals surface area contributed by atoms with E-state index in [1.165, 1.54) is 12.1 Å². The predicted octanol–water partition coefficient (Wildman–Crippen LogP) is 4.87. The van der Waals surface area contributed by atoms with Crippen molar-refractivity contribution in [1.29, 1.82) is 0 Å². The van der Waals surface area contributed by atoms with Gasteiger partial charge in [-0.3, -0.25) is 0 Å². The zero-order valence-electron chi connectivity index (χ0n) is 15.7. The average Bonchev–Trinajstić information content (AvgIpc) is 2.34. The van der Waals surface area contributed by atoms with Crippen LogP contribution in [0.3, 0.4) is 0 Å². The van der Waals surface area contributed by atoms with Gasteiger partial charge in [0.05, 0.1) is 0 Å². The number of amides is 1. The number of halogens is 3. The fourth-order valence-electron chi connectivity index (χ4n) is 4.97. The molecule has 0 unspecified atom stereocenters. The van der Waals surface area contributed by atoms with E-state index >= 15 is 0 Å². The smallest absolute Gasteiger partial charge is 0.444 e. The molecular formula is C20H24F3NO3. The van der Waals surface area contributed by atoms with Crippen LogP contribution in [-0.2, 0) is 10.2 Å². The summed E-state index contributed by atoms with van der Waals surface area (Å²) >= 11 is 0. The van der Waals surface area contributed by atoms with E-state index in [4.69, 9.17) is 4.74 Å². The van der Waals surface area contributed by atoms with Crippen LogP contribution in [0.15, 0.2) is 24.3 Å². The normalized spacial score (nSPS) is 30.1. The third-order valence-corrected chi connectivity index (χ3v) is 6.15. The molecule has 4 aliphatic rings. The number of ether oxygens (including phenoxy) is 2. The number of likely N-dealkylation sites (tertiary alicyclic amines) is 1. The summed E-state index contributed by atoms with van der Waals surface area (Å²) in [4.78, 5) is 13.8. The molecule has 1 amide bonds. The summed E-state index contributed by atoms with van der Waals surface area (Å²) in [5.74, 6) is 0.306. The van der Waals surface area contributed by atoms with Crippen LogP contribution in [-0.4, -0.2) is 36.0 Å². The van der Waals surface area contributed by atoms with Crippen LogP contribution in [0, 0.1) is 11.3 Å². The van der Waals surface area contributed by atoms with Gasteiger partial charge in [-0.2, -0.15) is 0 Å². The Morgan fingerprint density at radius 3 is 2.33 bits per heavy atom. The van der Waals surface area contributed by atoms with Crippen molar-refractivity contribution in [1.82, 2.24) is 4.90 Å². The second-order valence-corrected chi connectivity index (χ2v) is 9.33. The van der Waals surface area contributed by atoms with Crippen LogP contribution in [0.2, 0.25) is 0 Å². The summed E-state index contributed by atoms with van der Waals surface area (Å²) in [6, 6.07) is 6.37. The van der Waals surface area contributed by atoms with Crippen molar-refractivity contribution in [2.75, 3.05) is 13.1 Å². The van der Waals surface area contributed by atoms with Gasteiger partial charge in [-0.1, -0.05) is 12.1 Å². The minimum atomic E-state index is -4.67. The van der Waals surface area contributed by atoms with E-state index in [9.17, 15) is 18.0 Å². The maximum Gasteiger partial charge on any atom is 0.573 e. The molecule has 1 heterocycles. The van der Waals surface area contributed by atoms with Crippen molar-refractivity contribution in [2.45, 2.75) is 57.4 Å². The van der Waals surface area contributed by atoms with Gasteiger partial charge in [-0.25, -0.2) is 4.79 Å². The van der Waals surface area contributed by atoms with Crippen molar-refractivity contribution >= 4 is 6.09 Å². The first kappa shape index (κ1) is 18.4. The zero-order valence-corrected chi connectivity index (χ0v) is 15.7. The van der Waals surface area contributed by atoms with Crippen LogP contribution < -0.4 is 4.74 Å². The molecule has 7 heteroatoms. The number of carbonyl (C=O) groups is 1. The lowest BCUT2D eigenvalue weighted by molar-refractivity contribution is -0.274. The summed E-state index contributed by atoms with van der Waals surface area (Å²) in [5, 5.41) is 0. The van der Waals surface area contributed by atoms with E-state index in [0.717, 1.165) is 24.8 Å². The van der Waals surface area contributed by atoms with Gasteiger partial charge in [0.25, 0.3) is 0 Å².